The van der Waals surface area contributed by atoms with Crippen LogP contribution in [0.15, 0.2) is 23.1 Å². The van der Waals surface area contributed by atoms with Gasteiger partial charge in [-0.1, -0.05) is 0 Å². The zero-order valence-corrected chi connectivity index (χ0v) is 7.14. The van der Waals surface area contributed by atoms with Crippen LogP contribution in [0.1, 0.15) is 0 Å². The van der Waals surface area contributed by atoms with Crippen molar-refractivity contribution < 1.29 is 14.3 Å². The normalized spacial score (nSPS) is 16.1. The topological polar surface area (TPSA) is 37.3 Å². The standard InChI is InChI=1S/C6H5FGeO2/c7-5-3-1-2-4-8(5)6(9)10/h1-4H,(H,9,10). The summed E-state index contributed by atoms with van der Waals surface area (Å²) in [5, 5.41) is 8.44. The Morgan fingerprint density at radius 3 is 2.70 bits per heavy atom. The van der Waals surface area contributed by atoms with Crippen LogP contribution in [0.25, 0.3) is 0 Å². The van der Waals surface area contributed by atoms with E-state index in [9.17, 15) is 9.18 Å². The quantitative estimate of drug-likeness (QED) is 0.644. The van der Waals surface area contributed by atoms with Crippen molar-refractivity contribution in [3.05, 3.63) is 23.1 Å². The van der Waals surface area contributed by atoms with Crippen molar-refractivity contribution in [1.29, 1.82) is 0 Å². The third-order valence-corrected chi connectivity index (χ3v) is 4.60. The monoisotopic (exact) mass is 202 g/mol. The fraction of sp³-hybridized carbons (Fsp3) is 0. The summed E-state index contributed by atoms with van der Waals surface area (Å²) in [7, 11) is 0. The molecule has 0 aliphatic carbocycles. The Morgan fingerprint density at radius 1 is 1.60 bits per heavy atom. The zero-order chi connectivity index (χ0) is 7.56. The van der Waals surface area contributed by atoms with Crippen LogP contribution < -0.4 is 0 Å². The Bertz CT molecular complexity index is 252. The molecule has 1 aliphatic rings. The summed E-state index contributed by atoms with van der Waals surface area (Å²) in [4.78, 5) is 10.8. The average Bonchev–Trinajstić information content (AvgIpc) is 1.88. The van der Waals surface area contributed by atoms with Crippen LogP contribution >= 0.6 is 0 Å². The van der Waals surface area contributed by atoms with E-state index in [1.54, 1.807) is 6.08 Å². The Kier molecular flexibility index (Phi) is 2.16. The number of halogens is 1. The van der Waals surface area contributed by atoms with Crippen LogP contribution in [-0.2, 0) is 0 Å². The number of hydrogen-bond acceptors (Lipinski definition) is 1. The van der Waals surface area contributed by atoms with E-state index in [2.05, 4.69) is 0 Å². The van der Waals surface area contributed by atoms with Gasteiger partial charge in [0.05, 0.1) is 0 Å². The maximum atomic E-state index is 12.6. The third kappa shape index (κ3) is 1.41. The van der Waals surface area contributed by atoms with Crippen LogP contribution in [0.4, 0.5) is 9.18 Å². The second kappa shape index (κ2) is 2.92. The van der Waals surface area contributed by atoms with Gasteiger partial charge in [-0.25, -0.2) is 0 Å². The van der Waals surface area contributed by atoms with Crippen molar-refractivity contribution in [3.63, 3.8) is 0 Å². The van der Waals surface area contributed by atoms with Crippen molar-refractivity contribution in [1.82, 2.24) is 0 Å². The molecule has 1 aliphatic heterocycles. The number of rotatable bonds is 1. The fourth-order valence-corrected chi connectivity index (χ4v) is 2.91. The van der Waals surface area contributed by atoms with E-state index in [1.165, 1.54) is 17.1 Å². The zero-order valence-electron chi connectivity index (χ0n) is 5.04. The minimum atomic E-state index is -2.66. The Morgan fingerprint density at radius 2 is 2.30 bits per heavy atom. The summed E-state index contributed by atoms with van der Waals surface area (Å²) in [5.41, 5.74) is 0. The fourth-order valence-electron chi connectivity index (χ4n) is 0.635. The van der Waals surface area contributed by atoms with Crippen molar-refractivity contribution in [2.45, 2.75) is 0 Å². The van der Waals surface area contributed by atoms with E-state index in [-0.39, 0.29) is 0 Å². The first-order valence-corrected chi connectivity index (χ1v) is 6.00. The Labute approximate surface area is 61.3 Å². The van der Waals surface area contributed by atoms with Gasteiger partial charge in [-0.05, 0) is 0 Å². The first kappa shape index (κ1) is 7.40. The molecule has 0 aromatic heterocycles. The molecule has 52 valence electrons. The molecule has 1 heterocycles. The molecule has 0 aromatic rings. The molecule has 1 rings (SSSR count). The molecule has 0 amide bonds. The van der Waals surface area contributed by atoms with E-state index < -0.39 is 23.3 Å². The van der Waals surface area contributed by atoms with Gasteiger partial charge in [0.1, 0.15) is 0 Å². The molecule has 0 spiro atoms. The van der Waals surface area contributed by atoms with Gasteiger partial charge in [0.25, 0.3) is 0 Å². The van der Waals surface area contributed by atoms with Crippen LogP contribution in [0, 0.1) is 0 Å². The van der Waals surface area contributed by atoms with Crippen LogP contribution in [0.2, 0.25) is 0 Å². The van der Waals surface area contributed by atoms with Gasteiger partial charge < -0.3 is 0 Å². The molecule has 0 fully saturated rings. The molecule has 0 atom stereocenters. The minimum absolute atomic E-state index is 0.449. The molecule has 0 unspecified atom stereocenters. The summed E-state index contributed by atoms with van der Waals surface area (Å²) in [6, 6.07) is 0. The molecule has 0 bridgehead atoms. The summed E-state index contributed by atoms with van der Waals surface area (Å²) < 4.78 is 12.1. The molecule has 4 heteroatoms. The Balaban J connectivity index is 3.04. The van der Waals surface area contributed by atoms with Crippen LogP contribution in [0.3, 0.4) is 0 Å². The van der Waals surface area contributed by atoms with Gasteiger partial charge >= 0.3 is 60.7 Å². The molecular formula is C6H5FGeO2. The van der Waals surface area contributed by atoms with E-state index in [1.807, 2.05) is 0 Å². The number of hydrogen-bond donors (Lipinski definition) is 1. The first-order valence-electron chi connectivity index (χ1n) is 2.69. The SMILES string of the molecule is O=[C](O)[Ge]1=[C](F)C=CC=[CH]1. The number of carbonyl (C=O) groups is 1. The summed E-state index contributed by atoms with van der Waals surface area (Å²) in [6.07, 6.45) is 4.32. The van der Waals surface area contributed by atoms with Gasteiger partial charge in [0.15, 0.2) is 0 Å². The Hall–Kier alpha value is -0.707. The van der Waals surface area contributed by atoms with E-state index >= 15 is 0 Å². The second-order valence-electron chi connectivity index (χ2n) is 1.78. The van der Waals surface area contributed by atoms with Gasteiger partial charge in [0.2, 0.25) is 0 Å². The summed E-state index contributed by atoms with van der Waals surface area (Å²) >= 11 is -2.66. The predicted molar refractivity (Wildman–Crippen MR) is 38.2 cm³/mol. The van der Waals surface area contributed by atoms with Gasteiger partial charge in [-0.2, -0.15) is 0 Å². The molecule has 10 heavy (non-hydrogen) atoms. The average molecular weight is 201 g/mol. The van der Waals surface area contributed by atoms with E-state index in [0.29, 0.717) is 0 Å². The van der Waals surface area contributed by atoms with Gasteiger partial charge in [0, 0.05) is 0 Å². The molecule has 0 saturated heterocycles. The van der Waals surface area contributed by atoms with Crippen LogP contribution in [-0.4, -0.2) is 28.4 Å². The molecule has 0 aromatic carbocycles. The van der Waals surface area contributed by atoms with Gasteiger partial charge in [-0.15, -0.1) is 0 Å². The molecular weight excluding hydrogens is 196 g/mol. The maximum absolute atomic E-state index is 12.6. The van der Waals surface area contributed by atoms with Crippen molar-refractivity contribution in [2.24, 2.45) is 0 Å². The predicted octanol–water partition coefficient (Wildman–Crippen LogP) is 1.09. The summed E-state index contributed by atoms with van der Waals surface area (Å²) in [5.74, 6) is 0. The number of allylic oxidation sites excluding steroid dienone is 3. The second-order valence-corrected chi connectivity index (χ2v) is 6.12. The van der Waals surface area contributed by atoms with Crippen LogP contribution in [0.5, 0.6) is 0 Å². The molecule has 2 nitrogen and oxygen atoms in total. The third-order valence-electron chi connectivity index (χ3n) is 1.10. The number of carboxylic acid groups (broad SMARTS) is 1. The van der Waals surface area contributed by atoms with Crippen molar-refractivity contribution in [2.75, 3.05) is 0 Å². The van der Waals surface area contributed by atoms with Crippen molar-refractivity contribution >= 4 is 23.3 Å². The molecule has 0 radical (unpaired) electrons. The first-order chi connectivity index (χ1) is 4.72. The molecule has 1 N–H and O–H groups in total. The van der Waals surface area contributed by atoms with E-state index in [4.69, 9.17) is 5.11 Å². The van der Waals surface area contributed by atoms with E-state index in [0.717, 1.165) is 0 Å². The molecule has 0 saturated carbocycles. The van der Waals surface area contributed by atoms with Crippen molar-refractivity contribution in [3.8, 4) is 0 Å². The van der Waals surface area contributed by atoms with Gasteiger partial charge in [-0.3, -0.25) is 0 Å². The summed E-state index contributed by atoms with van der Waals surface area (Å²) in [6.45, 7) is 0.